The quantitative estimate of drug-likeness (QED) is 0.0693. The number of hydrogen-bond donors (Lipinski definition) is 5. The number of thioether (sulfide) groups is 1. The number of rotatable bonds is 11. The van der Waals surface area contributed by atoms with Gasteiger partial charge in [-0.25, -0.2) is 19.0 Å². The van der Waals surface area contributed by atoms with E-state index >= 15 is 0 Å². The zero-order valence-corrected chi connectivity index (χ0v) is 30.8. The molecule has 22 heteroatoms. The monoisotopic (exact) mass is 815 g/mol. The van der Waals surface area contributed by atoms with E-state index in [4.69, 9.17) is 5.73 Å². The van der Waals surface area contributed by atoms with Gasteiger partial charge in [0.05, 0.1) is 41.4 Å². The second-order valence-electron chi connectivity index (χ2n) is 11.9. The molecule has 0 aliphatic carbocycles. The molecule has 58 heavy (non-hydrogen) atoms. The molecule has 0 radical (unpaired) electrons. The maximum absolute atomic E-state index is 12.8. The molecule has 8 rings (SSSR count). The Hall–Kier alpha value is -7.49. The number of aromatic amines is 2. The highest BCUT2D eigenvalue weighted by Gasteiger charge is 2.23. The molecule has 0 saturated heterocycles. The lowest BCUT2D eigenvalue weighted by molar-refractivity contribution is -0.0501. The van der Waals surface area contributed by atoms with E-state index in [1.807, 2.05) is 6.26 Å². The standard InChI is InChI=1S/C18H15F2N7O2.C18H14F2N6O2S/c1-9-4-5-12(29-18(19)20)10(7-9)14-11(8-22-26-14)24-17(28)15-16(21)25-13-3-2-6-23-27(13)15;1-29-10-4-5-14(28-18(19)20)11(7-10)16-12(8-22-25-16)24-17(27)13-9-21-15-3-2-6-23-26(13)15/h2-8,18H,21H2,1H3,(H,22,26)(H,24,28);2-9,18H,1H3,(H,22,25)(H,24,27). The lowest BCUT2D eigenvalue weighted by atomic mass is 10.1. The summed E-state index contributed by atoms with van der Waals surface area (Å²) in [5, 5.41) is 26.9. The first-order valence-corrected chi connectivity index (χ1v) is 18.0. The summed E-state index contributed by atoms with van der Waals surface area (Å²) in [6, 6.07) is 16.3. The lowest BCUT2D eigenvalue weighted by Crippen LogP contribution is -2.17. The number of H-pyrrole nitrogens is 2. The Morgan fingerprint density at radius 1 is 0.776 bits per heavy atom. The second-order valence-corrected chi connectivity index (χ2v) is 12.8. The summed E-state index contributed by atoms with van der Waals surface area (Å²) in [5.41, 5.74) is 9.74. The van der Waals surface area contributed by atoms with Gasteiger partial charge in [-0.05, 0) is 67.8 Å². The smallest absolute Gasteiger partial charge is 0.387 e. The molecule has 6 N–H and O–H groups in total. The minimum absolute atomic E-state index is 0.00326. The third-order valence-electron chi connectivity index (χ3n) is 8.21. The van der Waals surface area contributed by atoms with Gasteiger partial charge in [0.1, 0.15) is 11.5 Å². The number of amides is 2. The third kappa shape index (κ3) is 8.21. The molecule has 0 unspecified atom stereocenters. The van der Waals surface area contributed by atoms with E-state index in [0.29, 0.717) is 39.5 Å². The van der Waals surface area contributed by atoms with Crippen LogP contribution in [0.15, 0.2) is 96.5 Å². The van der Waals surface area contributed by atoms with Crippen molar-refractivity contribution in [1.29, 1.82) is 0 Å². The lowest BCUT2D eigenvalue weighted by Gasteiger charge is -2.12. The number of carbonyl (C=O) groups is 2. The van der Waals surface area contributed by atoms with Crippen LogP contribution in [-0.2, 0) is 0 Å². The average molecular weight is 816 g/mol. The molecular formula is C36H29F4N13O4S. The largest absolute Gasteiger partial charge is 0.434 e. The van der Waals surface area contributed by atoms with Gasteiger partial charge >= 0.3 is 13.2 Å². The first-order chi connectivity index (χ1) is 28.0. The fraction of sp³-hybridized carbons (Fsp3) is 0.111. The molecule has 8 aromatic rings. The number of carbonyl (C=O) groups excluding carboxylic acids is 2. The van der Waals surface area contributed by atoms with Crippen LogP contribution in [0, 0.1) is 6.92 Å². The van der Waals surface area contributed by atoms with Crippen molar-refractivity contribution in [3.63, 3.8) is 0 Å². The summed E-state index contributed by atoms with van der Waals surface area (Å²) >= 11 is 1.44. The number of nitrogen functional groups attached to an aromatic ring is 1. The van der Waals surface area contributed by atoms with Gasteiger partial charge in [0.2, 0.25) is 0 Å². The summed E-state index contributed by atoms with van der Waals surface area (Å²) in [5.74, 6) is -1.14. The maximum atomic E-state index is 12.8. The predicted molar refractivity (Wildman–Crippen MR) is 204 cm³/mol. The summed E-state index contributed by atoms with van der Waals surface area (Å²) in [4.78, 5) is 34.6. The SMILES string of the molecule is CSc1ccc(OC(F)F)c(-c2[nH]ncc2NC(=O)c2cnc3cccnn23)c1.Cc1ccc(OC(F)F)c(-c2[nH]ncc2NC(=O)c2c(N)nc3cccnn23)c1. The van der Waals surface area contributed by atoms with Gasteiger partial charge in [0.15, 0.2) is 28.5 Å². The molecule has 0 atom stereocenters. The van der Waals surface area contributed by atoms with E-state index in [-0.39, 0.29) is 34.4 Å². The van der Waals surface area contributed by atoms with Crippen LogP contribution in [0.4, 0.5) is 34.8 Å². The van der Waals surface area contributed by atoms with Crippen LogP contribution in [0.3, 0.4) is 0 Å². The van der Waals surface area contributed by atoms with Gasteiger partial charge in [-0.15, -0.1) is 11.8 Å². The first-order valence-electron chi connectivity index (χ1n) is 16.8. The number of benzene rings is 2. The first kappa shape index (κ1) is 38.8. The van der Waals surface area contributed by atoms with Gasteiger partial charge in [-0.1, -0.05) is 11.6 Å². The molecule has 0 aliphatic rings. The average Bonchev–Trinajstić information content (AvgIpc) is 4.01. The van der Waals surface area contributed by atoms with Gasteiger partial charge in [-0.3, -0.25) is 19.8 Å². The number of nitrogens with two attached hydrogens (primary N) is 1. The van der Waals surface area contributed by atoms with Crippen LogP contribution in [0.2, 0.25) is 0 Å². The van der Waals surface area contributed by atoms with Crippen molar-refractivity contribution in [3.8, 4) is 34.0 Å². The molecule has 2 amide bonds. The number of aromatic nitrogens is 10. The summed E-state index contributed by atoms with van der Waals surface area (Å²) < 4.78 is 63.2. The molecule has 296 valence electrons. The maximum Gasteiger partial charge on any atom is 0.387 e. The molecule has 2 aromatic carbocycles. The van der Waals surface area contributed by atoms with Crippen molar-refractivity contribution in [2.45, 2.75) is 25.0 Å². The molecule has 0 aliphatic heterocycles. The number of nitrogens with one attached hydrogen (secondary N) is 4. The fourth-order valence-electron chi connectivity index (χ4n) is 5.71. The highest BCUT2D eigenvalue weighted by Crippen LogP contribution is 2.38. The second kappa shape index (κ2) is 16.7. The van der Waals surface area contributed by atoms with Crippen LogP contribution in [0.1, 0.15) is 26.5 Å². The molecule has 6 heterocycles. The number of ether oxygens (including phenoxy) is 2. The van der Waals surface area contributed by atoms with E-state index < -0.39 is 25.0 Å². The number of nitrogens with zero attached hydrogens (tertiary/aromatic N) is 8. The van der Waals surface area contributed by atoms with Gasteiger partial charge in [0, 0.05) is 28.4 Å². The van der Waals surface area contributed by atoms with E-state index in [0.717, 1.165) is 10.5 Å². The minimum Gasteiger partial charge on any atom is -0.434 e. The van der Waals surface area contributed by atoms with E-state index in [1.54, 1.807) is 55.5 Å². The number of hydrogen-bond acceptors (Lipinski definition) is 12. The van der Waals surface area contributed by atoms with Gasteiger partial charge in [0.25, 0.3) is 11.8 Å². The molecule has 6 aromatic heterocycles. The Morgan fingerprint density at radius 2 is 1.36 bits per heavy atom. The van der Waals surface area contributed by atoms with Crippen LogP contribution in [0.5, 0.6) is 11.5 Å². The molecule has 0 spiro atoms. The Kier molecular flexibility index (Phi) is 11.2. The molecule has 0 bridgehead atoms. The Balaban J connectivity index is 0.000000177. The number of halogens is 4. The van der Waals surface area contributed by atoms with Crippen LogP contribution < -0.4 is 25.8 Å². The Morgan fingerprint density at radius 3 is 2.00 bits per heavy atom. The van der Waals surface area contributed by atoms with E-state index in [9.17, 15) is 27.2 Å². The van der Waals surface area contributed by atoms with Crippen LogP contribution >= 0.6 is 11.8 Å². The van der Waals surface area contributed by atoms with Crippen molar-refractivity contribution in [1.82, 2.24) is 49.6 Å². The Bertz CT molecular complexity index is 2750. The van der Waals surface area contributed by atoms with E-state index in [2.05, 4.69) is 60.7 Å². The van der Waals surface area contributed by atoms with Crippen molar-refractivity contribution in [3.05, 3.63) is 109 Å². The third-order valence-corrected chi connectivity index (χ3v) is 8.94. The molecule has 0 fully saturated rings. The van der Waals surface area contributed by atoms with Crippen molar-refractivity contribution < 1.29 is 36.6 Å². The molecule has 17 nitrogen and oxygen atoms in total. The number of fused-ring (bicyclic) bond motifs is 2. The van der Waals surface area contributed by atoms with Crippen molar-refractivity contribution in [2.75, 3.05) is 22.6 Å². The summed E-state index contributed by atoms with van der Waals surface area (Å²) in [6.07, 6.45) is 9.04. The van der Waals surface area contributed by atoms with Crippen molar-refractivity contribution in [2.24, 2.45) is 0 Å². The summed E-state index contributed by atoms with van der Waals surface area (Å²) in [6.45, 7) is -4.18. The minimum atomic E-state index is -3.00. The number of imidazole rings is 2. The topological polar surface area (TPSA) is 220 Å². The number of anilines is 3. The molecular weight excluding hydrogens is 787 g/mol. The van der Waals surface area contributed by atoms with Crippen molar-refractivity contribution >= 4 is 52.1 Å². The normalized spacial score (nSPS) is 11.2. The van der Waals surface area contributed by atoms with Crippen LogP contribution in [0.25, 0.3) is 33.8 Å². The van der Waals surface area contributed by atoms with Crippen LogP contribution in [-0.4, -0.2) is 80.9 Å². The van der Waals surface area contributed by atoms with E-state index in [1.165, 1.54) is 63.9 Å². The number of alkyl halides is 4. The predicted octanol–water partition coefficient (Wildman–Crippen LogP) is 6.56. The molecule has 0 saturated carbocycles. The Labute approximate surface area is 328 Å². The van der Waals surface area contributed by atoms with Gasteiger partial charge < -0.3 is 25.8 Å². The fourth-order valence-corrected chi connectivity index (χ4v) is 6.15. The number of aryl methyl sites for hydroxylation is 1. The highest BCUT2D eigenvalue weighted by atomic mass is 32.2. The zero-order chi connectivity index (χ0) is 40.9. The van der Waals surface area contributed by atoms with Gasteiger partial charge in [-0.2, -0.15) is 38.0 Å². The zero-order valence-electron chi connectivity index (χ0n) is 30.0. The highest BCUT2D eigenvalue weighted by molar-refractivity contribution is 7.98. The summed E-state index contributed by atoms with van der Waals surface area (Å²) in [7, 11) is 0.